The third-order valence-corrected chi connectivity index (χ3v) is 0.856. The SMILES string of the molecule is O=C1OCCOC(=O)OC(=O)O1. The van der Waals surface area contributed by atoms with Gasteiger partial charge >= 0.3 is 18.5 Å². The van der Waals surface area contributed by atoms with Crippen LogP contribution in [0.2, 0.25) is 0 Å². The van der Waals surface area contributed by atoms with E-state index in [9.17, 15) is 14.4 Å². The lowest BCUT2D eigenvalue weighted by molar-refractivity contribution is 0.0535. The van der Waals surface area contributed by atoms with Crippen molar-refractivity contribution >= 4 is 18.5 Å². The Labute approximate surface area is 66.1 Å². The molecule has 1 aliphatic heterocycles. The fourth-order valence-corrected chi connectivity index (χ4v) is 0.466. The summed E-state index contributed by atoms with van der Waals surface area (Å²) in [5.74, 6) is 0. The van der Waals surface area contributed by atoms with Gasteiger partial charge in [-0.05, 0) is 0 Å². The number of hydrogen-bond acceptors (Lipinski definition) is 7. The van der Waals surface area contributed by atoms with Crippen LogP contribution < -0.4 is 0 Å². The van der Waals surface area contributed by atoms with Crippen molar-refractivity contribution in [2.45, 2.75) is 0 Å². The molecule has 0 saturated carbocycles. The molecule has 1 aliphatic rings. The second-order valence-corrected chi connectivity index (χ2v) is 1.65. The molecule has 1 heterocycles. The van der Waals surface area contributed by atoms with Crippen molar-refractivity contribution in [3.05, 3.63) is 0 Å². The third-order valence-electron chi connectivity index (χ3n) is 0.856. The summed E-state index contributed by atoms with van der Waals surface area (Å²) in [6.45, 7) is -0.359. The van der Waals surface area contributed by atoms with E-state index in [-0.39, 0.29) is 13.2 Å². The smallest absolute Gasteiger partial charge is 0.430 e. The zero-order valence-electron chi connectivity index (χ0n) is 5.77. The van der Waals surface area contributed by atoms with E-state index in [4.69, 9.17) is 0 Å². The minimum atomic E-state index is -1.47. The molecule has 12 heavy (non-hydrogen) atoms. The lowest BCUT2D eigenvalue weighted by atomic mass is 10.8. The van der Waals surface area contributed by atoms with Crippen molar-refractivity contribution in [2.75, 3.05) is 13.2 Å². The van der Waals surface area contributed by atoms with Crippen LogP contribution in [0, 0.1) is 0 Å². The predicted octanol–water partition coefficient (Wildman–Crippen LogP) is 0.426. The minimum Gasteiger partial charge on any atom is -0.430 e. The van der Waals surface area contributed by atoms with Gasteiger partial charge in [0.25, 0.3) is 0 Å². The van der Waals surface area contributed by atoms with Crippen molar-refractivity contribution in [1.29, 1.82) is 0 Å². The summed E-state index contributed by atoms with van der Waals surface area (Å²) in [6, 6.07) is 0. The highest BCUT2D eigenvalue weighted by Gasteiger charge is 2.20. The summed E-state index contributed by atoms with van der Waals surface area (Å²) in [5.41, 5.74) is 0. The van der Waals surface area contributed by atoms with E-state index in [0.29, 0.717) is 0 Å². The fourth-order valence-electron chi connectivity index (χ4n) is 0.466. The quantitative estimate of drug-likeness (QED) is 0.390. The van der Waals surface area contributed by atoms with Gasteiger partial charge in [0.15, 0.2) is 0 Å². The molecule has 1 fully saturated rings. The molecule has 0 aromatic heterocycles. The van der Waals surface area contributed by atoms with Crippen LogP contribution in [-0.2, 0) is 18.9 Å². The third kappa shape index (κ3) is 2.45. The molecular formula is C5H4O7. The summed E-state index contributed by atoms with van der Waals surface area (Å²) in [5, 5.41) is 0. The Morgan fingerprint density at radius 1 is 0.750 bits per heavy atom. The minimum absolute atomic E-state index is 0.179. The predicted molar refractivity (Wildman–Crippen MR) is 30.3 cm³/mol. The van der Waals surface area contributed by atoms with Gasteiger partial charge in [0, 0.05) is 0 Å². The monoisotopic (exact) mass is 176 g/mol. The van der Waals surface area contributed by atoms with Crippen LogP contribution in [0.1, 0.15) is 0 Å². The number of cyclic esters (lactones) is 6. The van der Waals surface area contributed by atoms with Crippen molar-refractivity contribution < 1.29 is 33.3 Å². The van der Waals surface area contributed by atoms with Crippen LogP contribution >= 0.6 is 0 Å². The van der Waals surface area contributed by atoms with E-state index in [0.717, 1.165) is 0 Å². The fraction of sp³-hybridized carbons (Fsp3) is 0.400. The lowest BCUT2D eigenvalue weighted by Crippen LogP contribution is -2.15. The van der Waals surface area contributed by atoms with Crippen LogP contribution in [0.3, 0.4) is 0 Å². The van der Waals surface area contributed by atoms with Crippen molar-refractivity contribution in [1.82, 2.24) is 0 Å². The van der Waals surface area contributed by atoms with Crippen molar-refractivity contribution in [2.24, 2.45) is 0 Å². The number of rotatable bonds is 0. The maximum atomic E-state index is 10.4. The summed E-state index contributed by atoms with van der Waals surface area (Å²) in [6.07, 6.45) is -3.91. The molecule has 0 radical (unpaired) electrons. The topological polar surface area (TPSA) is 88.1 Å². The van der Waals surface area contributed by atoms with Gasteiger partial charge < -0.3 is 18.9 Å². The largest absolute Gasteiger partial charge is 0.528 e. The van der Waals surface area contributed by atoms with Crippen LogP contribution in [-0.4, -0.2) is 31.7 Å². The number of carbonyl (C=O) groups is 3. The van der Waals surface area contributed by atoms with Crippen molar-refractivity contribution in [3.63, 3.8) is 0 Å². The standard InChI is InChI=1S/C5H4O7/c6-3-9-1-2-10-4(7)12-5(8)11-3/h1-2H2. The van der Waals surface area contributed by atoms with E-state index in [1.54, 1.807) is 0 Å². The van der Waals surface area contributed by atoms with Crippen LogP contribution in [0.4, 0.5) is 14.4 Å². The number of carbonyl (C=O) groups excluding carboxylic acids is 3. The molecule has 66 valence electrons. The van der Waals surface area contributed by atoms with E-state index in [1.807, 2.05) is 0 Å². The first-order valence-electron chi connectivity index (χ1n) is 2.91. The van der Waals surface area contributed by atoms with E-state index in [1.165, 1.54) is 0 Å². The van der Waals surface area contributed by atoms with Crippen LogP contribution in [0.25, 0.3) is 0 Å². The Bertz CT molecular complexity index is 198. The molecule has 0 aromatic carbocycles. The molecule has 0 amide bonds. The summed E-state index contributed by atoms with van der Waals surface area (Å²) < 4.78 is 16.1. The number of ether oxygens (including phenoxy) is 4. The van der Waals surface area contributed by atoms with Crippen LogP contribution in [0.5, 0.6) is 0 Å². The van der Waals surface area contributed by atoms with Crippen molar-refractivity contribution in [3.8, 4) is 0 Å². The molecule has 1 rings (SSSR count). The number of hydrogen-bond donors (Lipinski definition) is 0. The summed E-state index contributed by atoms with van der Waals surface area (Å²) in [7, 11) is 0. The zero-order valence-corrected chi connectivity index (χ0v) is 5.77. The maximum Gasteiger partial charge on any atom is 0.528 e. The first-order valence-corrected chi connectivity index (χ1v) is 2.91. The molecule has 0 N–H and O–H groups in total. The lowest BCUT2D eigenvalue weighted by Gasteiger charge is -1.97. The Kier molecular flexibility index (Phi) is 2.46. The zero-order chi connectivity index (χ0) is 8.97. The van der Waals surface area contributed by atoms with Gasteiger partial charge in [-0.15, -0.1) is 0 Å². The Balaban J connectivity index is 2.54. The molecule has 1 saturated heterocycles. The average Bonchev–Trinajstić information content (AvgIpc) is 2.01. The van der Waals surface area contributed by atoms with Crippen LogP contribution in [0.15, 0.2) is 0 Å². The van der Waals surface area contributed by atoms with E-state index < -0.39 is 18.5 Å². The maximum absolute atomic E-state index is 10.4. The summed E-state index contributed by atoms with van der Waals surface area (Å²) in [4.78, 5) is 31.2. The Hall–Kier alpha value is -1.79. The normalized spacial score (nSPS) is 18.8. The Morgan fingerprint density at radius 3 is 1.58 bits per heavy atom. The Morgan fingerprint density at radius 2 is 1.17 bits per heavy atom. The molecule has 0 atom stereocenters. The molecule has 7 heteroatoms. The molecule has 0 unspecified atom stereocenters. The van der Waals surface area contributed by atoms with E-state index >= 15 is 0 Å². The van der Waals surface area contributed by atoms with Gasteiger partial charge in [-0.2, -0.15) is 0 Å². The van der Waals surface area contributed by atoms with Gasteiger partial charge in [0.1, 0.15) is 13.2 Å². The summed E-state index contributed by atoms with van der Waals surface area (Å²) >= 11 is 0. The molecule has 0 bridgehead atoms. The molecular weight excluding hydrogens is 172 g/mol. The second-order valence-electron chi connectivity index (χ2n) is 1.65. The first-order chi connectivity index (χ1) is 5.68. The van der Waals surface area contributed by atoms with Gasteiger partial charge in [0.2, 0.25) is 0 Å². The van der Waals surface area contributed by atoms with Gasteiger partial charge in [-0.25, -0.2) is 14.4 Å². The highest BCUT2D eigenvalue weighted by atomic mass is 16.9. The van der Waals surface area contributed by atoms with Gasteiger partial charge in [-0.3, -0.25) is 0 Å². The highest BCUT2D eigenvalue weighted by Crippen LogP contribution is 1.96. The first kappa shape index (κ1) is 8.31. The van der Waals surface area contributed by atoms with Gasteiger partial charge in [-0.1, -0.05) is 0 Å². The molecule has 0 spiro atoms. The molecule has 0 aromatic rings. The van der Waals surface area contributed by atoms with E-state index in [2.05, 4.69) is 18.9 Å². The average molecular weight is 176 g/mol. The highest BCUT2D eigenvalue weighted by molar-refractivity contribution is 5.83. The second kappa shape index (κ2) is 3.56. The van der Waals surface area contributed by atoms with Gasteiger partial charge in [0.05, 0.1) is 0 Å². The molecule has 0 aliphatic carbocycles. The molecule has 7 nitrogen and oxygen atoms in total.